The van der Waals surface area contributed by atoms with Crippen LogP contribution in [0.5, 0.6) is 0 Å². The molecule has 3 heterocycles. The molecule has 6 nitrogen and oxygen atoms in total. The number of fused-ring (bicyclic) bond motifs is 2. The van der Waals surface area contributed by atoms with Crippen LogP contribution in [0.1, 0.15) is 5.56 Å². The first-order valence-corrected chi connectivity index (χ1v) is 9.61. The van der Waals surface area contributed by atoms with Crippen LogP contribution < -0.4 is 25.1 Å². The molecule has 0 unspecified atom stereocenters. The van der Waals surface area contributed by atoms with Crippen molar-refractivity contribution in [3.05, 3.63) is 78.6 Å². The second-order valence-corrected chi connectivity index (χ2v) is 7.84. The molecule has 0 saturated heterocycles. The van der Waals surface area contributed by atoms with Crippen molar-refractivity contribution in [2.24, 2.45) is 4.99 Å². The van der Waals surface area contributed by atoms with Crippen molar-refractivity contribution in [2.45, 2.75) is 6.67 Å². The van der Waals surface area contributed by atoms with E-state index >= 15 is 0 Å². The smallest absolute Gasteiger partial charge is 0.272 e. The quantitative estimate of drug-likeness (QED) is 0.661. The Hall–Kier alpha value is -2.97. The van der Waals surface area contributed by atoms with Gasteiger partial charge in [0.15, 0.2) is 4.80 Å². The predicted molar refractivity (Wildman–Crippen MR) is 106 cm³/mol. The van der Waals surface area contributed by atoms with Crippen molar-refractivity contribution < 1.29 is 9.18 Å². The zero-order valence-corrected chi connectivity index (χ0v) is 15.9. The Morgan fingerprint density at radius 1 is 1.14 bits per heavy atom. The number of aromatic nitrogens is 1. The van der Waals surface area contributed by atoms with Crippen LogP contribution in [0.3, 0.4) is 0 Å². The van der Waals surface area contributed by atoms with Crippen LogP contribution >= 0.6 is 22.9 Å². The van der Waals surface area contributed by atoms with E-state index in [1.165, 1.54) is 28.0 Å². The van der Waals surface area contributed by atoms with Crippen LogP contribution in [0.25, 0.3) is 5.57 Å². The molecule has 0 saturated carbocycles. The molecule has 1 aromatic heterocycles. The number of amides is 1. The highest BCUT2D eigenvalue weighted by Crippen LogP contribution is 2.32. The van der Waals surface area contributed by atoms with Gasteiger partial charge in [-0.2, -0.15) is 0 Å². The van der Waals surface area contributed by atoms with Gasteiger partial charge in [-0.1, -0.05) is 22.9 Å². The van der Waals surface area contributed by atoms with E-state index in [1.54, 1.807) is 30.3 Å². The van der Waals surface area contributed by atoms with Crippen LogP contribution in [0.2, 0.25) is 5.02 Å². The summed E-state index contributed by atoms with van der Waals surface area (Å²) in [6, 6.07) is 11.1. The lowest BCUT2D eigenvalue weighted by molar-refractivity contribution is -0.110. The lowest BCUT2D eigenvalue weighted by atomic mass is 10.1. The molecule has 9 heteroatoms. The summed E-state index contributed by atoms with van der Waals surface area (Å²) >= 11 is 7.27. The fourth-order valence-electron chi connectivity index (χ4n) is 3.34. The third-order valence-corrected chi connectivity index (χ3v) is 6.05. The zero-order chi connectivity index (χ0) is 19.4. The molecule has 3 aromatic rings. The van der Waals surface area contributed by atoms with Crippen molar-refractivity contribution in [1.82, 2.24) is 4.57 Å². The van der Waals surface area contributed by atoms with Crippen molar-refractivity contribution in [1.29, 1.82) is 0 Å². The van der Waals surface area contributed by atoms with Gasteiger partial charge >= 0.3 is 0 Å². The van der Waals surface area contributed by atoms with Crippen molar-refractivity contribution in [3.8, 4) is 0 Å². The topological polar surface area (TPSA) is 66.7 Å². The summed E-state index contributed by atoms with van der Waals surface area (Å²) in [5.74, 6) is -0.654. The number of carbonyl (C=O) groups is 1. The average Bonchev–Trinajstić information content (AvgIpc) is 3.17. The summed E-state index contributed by atoms with van der Waals surface area (Å²) in [5, 5.41) is 3.26. The van der Waals surface area contributed by atoms with Gasteiger partial charge in [0.2, 0.25) is 0 Å². The number of hydrogen-bond donors (Lipinski definition) is 1. The summed E-state index contributed by atoms with van der Waals surface area (Å²) in [5.41, 5.74) is 2.04. The Kier molecular flexibility index (Phi) is 3.85. The van der Waals surface area contributed by atoms with E-state index < -0.39 is 0 Å². The number of hydrogen-bond acceptors (Lipinski definition) is 5. The molecule has 1 amide bonds. The van der Waals surface area contributed by atoms with Gasteiger partial charge < -0.3 is 10.2 Å². The number of carbonyl (C=O) groups excluding carboxylic acids is 1. The Balaban J connectivity index is 1.65. The van der Waals surface area contributed by atoms with Crippen LogP contribution in [-0.2, 0) is 11.5 Å². The summed E-state index contributed by atoms with van der Waals surface area (Å²) in [7, 11) is 0. The van der Waals surface area contributed by atoms with Crippen LogP contribution in [0, 0.1) is 5.82 Å². The van der Waals surface area contributed by atoms with Gasteiger partial charge in [-0.25, -0.2) is 9.38 Å². The first kappa shape index (κ1) is 17.2. The normalized spacial score (nSPS) is 17.1. The van der Waals surface area contributed by atoms with E-state index in [0.29, 0.717) is 37.8 Å². The maximum atomic E-state index is 13.2. The van der Waals surface area contributed by atoms with Crippen molar-refractivity contribution in [3.63, 3.8) is 0 Å². The fourth-order valence-corrected chi connectivity index (χ4v) is 4.57. The first-order valence-electron chi connectivity index (χ1n) is 8.41. The average molecular weight is 415 g/mol. The molecule has 2 aliphatic heterocycles. The van der Waals surface area contributed by atoms with Gasteiger partial charge in [-0.15, -0.1) is 0 Å². The minimum absolute atomic E-state index is 0.275. The van der Waals surface area contributed by atoms with Crippen LogP contribution in [0.15, 0.2) is 52.3 Å². The monoisotopic (exact) mass is 414 g/mol. The van der Waals surface area contributed by atoms with E-state index in [0.717, 1.165) is 5.69 Å². The molecule has 0 aliphatic carbocycles. The second-order valence-electron chi connectivity index (χ2n) is 6.42. The summed E-state index contributed by atoms with van der Waals surface area (Å²) < 4.78 is 15.0. The third kappa shape index (κ3) is 2.64. The maximum Gasteiger partial charge on any atom is 0.272 e. The van der Waals surface area contributed by atoms with E-state index in [4.69, 9.17) is 11.6 Å². The highest BCUT2D eigenvalue weighted by atomic mass is 35.5. The van der Waals surface area contributed by atoms with Gasteiger partial charge in [0.1, 0.15) is 23.7 Å². The van der Waals surface area contributed by atoms with E-state index in [2.05, 4.69) is 10.3 Å². The third-order valence-electron chi connectivity index (χ3n) is 4.70. The molecule has 2 aliphatic rings. The molecule has 140 valence electrons. The van der Waals surface area contributed by atoms with Gasteiger partial charge in [0.25, 0.3) is 11.5 Å². The molecular formula is C19H12ClFN4O2S. The number of nitrogens with one attached hydrogen (secondary N) is 1. The number of halogens is 2. The van der Waals surface area contributed by atoms with Crippen LogP contribution in [0.4, 0.5) is 15.8 Å². The lowest BCUT2D eigenvalue weighted by Gasteiger charge is -2.25. The first-order chi connectivity index (χ1) is 13.5. The van der Waals surface area contributed by atoms with E-state index in [9.17, 15) is 14.0 Å². The zero-order valence-electron chi connectivity index (χ0n) is 14.3. The summed E-state index contributed by atoms with van der Waals surface area (Å²) in [6.07, 6.45) is 0. The van der Waals surface area contributed by atoms with Gasteiger partial charge in [0, 0.05) is 22.0 Å². The molecule has 5 rings (SSSR count). The number of anilines is 2. The Labute approximate surface area is 166 Å². The standard InChI is InChI=1S/C19H12ClFN4O2S/c20-10-1-6-14-13(7-10)15(17(26)23-14)16-18(27)25-9-24(8-22-19(25)28-16)12-4-2-11(21)3-5-12/h1-7H,8-9H2,(H,23,26). The lowest BCUT2D eigenvalue weighted by Crippen LogP contribution is -2.43. The highest BCUT2D eigenvalue weighted by Gasteiger charge is 2.28. The van der Waals surface area contributed by atoms with Crippen LogP contribution in [-0.4, -0.2) is 17.1 Å². The van der Waals surface area contributed by atoms with E-state index in [-0.39, 0.29) is 24.0 Å². The highest BCUT2D eigenvalue weighted by molar-refractivity contribution is 7.07. The number of nitrogens with zero attached hydrogens (tertiary/aromatic N) is 3. The fraction of sp³-hybridized carbons (Fsp3) is 0.105. The Morgan fingerprint density at radius 3 is 2.71 bits per heavy atom. The summed E-state index contributed by atoms with van der Waals surface area (Å²) in [4.78, 5) is 32.5. The largest absolute Gasteiger partial charge is 0.334 e. The molecule has 2 aromatic carbocycles. The molecule has 0 radical (unpaired) electrons. The van der Waals surface area contributed by atoms with Gasteiger partial charge in [0.05, 0.1) is 5.57 Å². The SMILES string of the molecule is O=C1Nc2ccc(Cl)cc2C1=c1sc2n(c1=O)CN(c1ccc(F)cc1)CN=2. The number of thiazole rings is 1. The summed E-state index contributed by atoms with van der Waals surface area (Å²) in [6.45, 7) is 0.617. The molecule has 0 spiro atoms. The molecular weight excluding hydrogens is 403 g/mol. The molecule has 1 N–H and O–H groups in total. The maximum absolute atomic E-state index is 13.2. The second kappa shape index (κ2) is 6.29. The minimum atomic E-state index is -0.330. The Morgan fingerprint density at radius 2 is 1.93 bits per heavy atom. The predicted octanol–water partition coefficient (Wildman–Crippen LogP) is 1.91. The molecule has 0 bridgehead atoms. The van der Waals surface area contributed by atoms with E-state index in [1.807, 2.05) is 4.90 Å². The molecule has 0 fully saturated rings. The minimum Gasteiger partial charge on any atom is -0.334 e. The van der Waals surface area contributed by atoms with Crippen molar-refractivity contribution in [2.75, 3.05) is 16.9 Å². The molecule has 28 heavy (non-hydrogen) atoms. The number of benzene rings is 2. The Bertz CT molecular complexity index is 1310. The number of rotatable bonds is 1. The van der Waals surface area contributed by atoms with Crippen molar-refractivity contribution >= 4 is 45.8 Å². The molecule has 0 atom stereocenters. The van der Waals surface area contributed by atoms with Gasteiger partial charge in [-0.05, 0) is 42.5 Å². The van der Waals surface area contributed by atoms with Gasteiger partial charge in [-0.3, -0.25) is 14.2 Å².